The van der Waals surface area contributed by atoms with Crippen LogP contribution in [0, 0.1) is 12.8 Å². The minimum absolute atomic E-state index is 0.159. The van der Waals surface area contributed by atoms with Crippen LogP contribution in [0.4, 0.5) is 11.4 Å². The molecule has 1 atom stereocenters. The van der Waals surface area contributed by atoms with E-state index in [0.717, 1.165) is 16.3 Å². The van der Waals surface area contributed by atoms with Crippen LogP contribution >= 0.6 is 11.8 Å². The molecule has 2 heterocycles. The van der Waals surface area contributed by atoms with Crippen molar-refractivity contribution in [3.05, 3.63) is 50.9 Å². The lowest BCUT2D eigenvalue weighted by molar-refractivity contribution is -0.115. The normalized spacial score (nSPS) is 12.1. The Morgan fingerprint density at radius 1 is 1.03 bits per heavy atom. The molecule has 0 aliphatic carbocycles. The van der Waals surface area contributed by atoms with Crippen LogP contribution < -0.4 is 21.9 Å². The van der Waals surface area contributed by atoms with Gasteiger partial charge in [-0.2, -0.15) is 0 Å². The Morgan fingerprint density at radius 2 is 1.62 bits per heavy atom. The average Bonchev–Trinajstić information content (AvgIpc) is 2.75. The van der Waals surface area contributed by atoms with Crippen molar-refractivity contribution in [2.75, 3.05) is 10.6 Å². The highest BCUT2D eigenvalue weighted by atomic mass is 32.2. The summed E-state index contributed by atoms with van der Waals surface area (Å²) >= 11 is 1.13. The summed E-state index contributed by atoms with van der Waals surface area (Å²) in [5, 5.41) is 5.47. The van der Waals surface area contributed by atoms with Crippen molar-refractivity contribution in [1.82, 2.24) is 19.1 Å². The standard InChI is InChI=1S/C23H28N6O4S/c1-12(2)11-29-19-18(22(32)28(6)23(29)33)21(25-14(4)24-19)34-13(3)20(31)27-17-9-7-16(8-10-17)26-15(5)30/h7-10,12-13H,11H2,1-6H3,(H,26,30)(H,27,31). The van der Waals surface area contributed by atoms with E-state index in [2.05, 4.69) is 20.6 Å². The summed E-state index contributed by atoms with van der Waals surface area (Å²) in [5.74, 6) is 0.0981. The van der Waals surface area contributed by atoms with Crippen molar-refractivity contribution in [2.24, 2.45) is 13.0 Å². The van der Waals surface area contributed by atoms with Gasteiger partial charge in [0.15, 0.2) is 5.65 Å². The van der Waals surface area contributed by atoms with E-state index in [0.29, 0.717) is 28.8 Å². The number of hydrogen-bond donors (Lipinski definition) is 2. The number of aromatic nitrogens is 4. The van der Waals surface area contributed by atoms with Gasteiger partial charge in [-0.1, -0.05) is 25.6 Å². The van der Waals surface area contributed by atoms with E-state index >= 15 is 0 Å². The lowest BCUT2D eigenvalue weighted by atomic mass is 10.2. The smallest absolute Gasteiger partial charge is 0.326 e. The number of rotatable bonds is 7. The molecule has 0 bridgehead atoms. The molecule has 0 saturated heterocycles. The Hall–Kier alpha value is -3.47. The van der Waals surface area contributed by atoms with Crippen LogP contribution in [0.25, 0.3) is 11.0 Å². The number of anilines is 2. The molecule has 11 heteroatoms. The first kappa shape index (κ1) is 25.2. The molecule has 0 fully saturated rings. The molecule has 0 aliphatic heterocycles. The molecule has 1 unspecified atom stereocenters. The second kappa shape index (κ2) is 10.2. The van der Waals surface area contributed by atoms with Crippen molar-refractivity contribution in [1.29, 1.82) is 0 Å². The number of carbonyl (C=O) groups excluding carboxylic acids is 2. The van der Waals surface area contributed by atoms with Gasteiger partial charge in [-0.05, 0) is 44.0 Å². The van der Waals surface area contributed by atoms with E-state index in [1.54, 1.807) is 38.1 Å². The summed E-state index contributed by atoms with van der Waals surface area (Å²) in [4.78, 5) is 58.6. The number of hydrogen-bond acceptors (Lipinski definition) is 7. The predicted octanol–water partition coefficient (Wildman–Crippen LogP) is 2.53. The van der Waals surface area contributed by atoms with Gasteiger partial charge in [-0.25, -0.2) is 14.8 Å². The zero-order valence-electron chi connectivity index (χ0n) is 20.0. The third-order valence-electron chi connectivity index (χ3n) is 4.94. The van der Waals surface area contributed by atoms with E-state index in [9.17, 15) is 19.2 Å². The summed E-state index contributed by atoms with van der Waals surface area (Å²) in [6.07, 6.45) is 0. The van der Waals surface area contributed by atoms with Crippen LogP contribution in [-0.2, 0) is 23.2 Å². The highest BCUT2D eigenvalue weighted by molar-refractivity contribution is 8.00. The zero-order valence-corrected chi connectivity index (χ0v) is 20.8. The number of aryl methyl sites for hydroxylation is 1. The van der Waals surface area contributed by atoms with E-state index in [-0.39, 0.29) is 28.8 Å². The summed E-state index contributed by atoms with van der Waals surface area (Å²) < 4.78 is 2.54. The van der Waals surface area contributed by atoms with Crippen molar-refractivity contribution >= 4 is 46.0 Å². The van der Waals surface area contributed by atoms with Gasteiger partial charge in [0.05, 0.1) is 5.25 Å². The molecule has 1 aromatic carbocycles. The molecule has 2 amide bonds. The Bertz CT molecular complexity index is 1360. The maximum atomic E-state index is 13.0. The molecule has 2 N–H and O–H groups in total. The van der Waals surface area contributed by atoms with Gasteiger partial charge >= 0.3 is 5.69 Å². The second-order valence-corrected chi connectivity index (χ2v) is 9.76. The summed E-state index contributed by atoms with van der Waals surface area (Å²) in [6.45, 7) is 9.16. The van der Waals surface area contributed by atoms with Gasteiger partial charge < -0.3 is 10.6 Å². The molecule has 3 rings (SSSR count). The number of amides is 2. The number of benzene rings is 1. The molecule has 0 spiro atoms. The summed E-state index contributed by atoms with van der Waals surface area (Å²) in [6, 6.07) is 6.75. The number of nitrogens with zero attached hydrogens (tertiary/aromatic N) is 4. The first-order chi connectivity index (χ1) is 16.0. The maximum Gasteiger partial charge on any atom is 0.332 e. The van der Waals surface area contributed by atoms with Crippen LogP contribution in [0.3, 0.4) is 0 Å². The number of carbonyl (C=O) groups is 2. The molecular formula is C23H28N6O4S. The number of thioether (sulfide) groups is 1. The van der Waals surface area contributed by atoms with Crippen molar-refractivity contribution < 1.29 is 9.59 Å². The van der Waals surface area contributed by atoms with Crippen LogP contribution in [-0.4, -0.2) is 36.2 Å². The molecule has 3 aromatic rings. The van der Waals surface area contributed by atoms with E-state index in [1.165, 1.54) is 18.5 Å². The fourth-order valence-corrected chi connectivity index (χ4v) is 4.34. The highest BCUT2D eigenvalue weighted by Crippen LogP contribution is 2.27. The molecule has 0 saturated carbocycles. The van der Waals surface area contributed by atoms with Gasteiger partial charge in [0.1, 0.15) is 16.2 Å². The highest BCUT2D eigenvalue weighted by Gasteiger charge is 2.22. The van der Waals surface area contributed by atoms with Crippen molar-refractivity contribution in [3.63, 3.8) is 0 Å². The van der Waals surface area contributed by atoms with Gasteiger partial charge in [-0.3, -0.25) is 23.5 Å². The topological polar surface area (TPSA) is 128 Å². The quantitative estimate of drug-likeness (QED) is 0.390. The zero-order chi connectivity index (χ0) is 25.2. The minimum Gasteiger partial charge on any atom is -0.326 e. The first-order valence-corrected chi connectivity index (χ1v) is 11.7. The molecule has 10 nitrogen and oxygen atoms in total. The van der Waals surface area contributed by atoms with Crippen LogP contribution in [0.2, 0.25) is 0 Å². The molecule has 0 radical (unpaired) electrons. The van der Waals surface area contributed by atoms with Gasteiger partial charge in [0.25, 0.3) is 5.56 Å². The monoisotopic (exact) mass is 484 g/mol. The number of nitrogens with one attached hydrogen (secondary N) is 2. The van der Waals surface area contributed by atoms with Gasteiger partial charge in [0, 0.05) is 31.9 Å². The Morgan fingerprint density at radius 3 is 2.18 bits per heavy atom. The first-order valence-electron chi connectivity index (χ1n) is 10.8. The van der Waals surface area contributed by atoms with Crippen molar-refractivity contribution in [3.8, 4) is 0 Å². The van der Waals surface area contributed by atoms with Crippen LogP contribution in [0.1, 0.15) is 33.5 Å². The second-order valence-electron chi connectivity index (χ2n) is 8.43. The summed E-state index contributed by atoms with van der Waals surface area (Å²) in [5.41, 5.74) is 0.534. The predicted molar refractivity (Wildman–Crippen MR) is 133 cm³/mol. The van der Waals surface area contributed by atoms with Crippen LogP contribution in [0.15, 0.2) is 38.9 Å². The molecular weight excluding hydrogens is 456 g/mol. The van der Waals surface area contributed by atoms with Gasteiger partial charge in [-0.15, -0.1) is 0 Å². The third-order valence-corrected chi connectivity index (χ3v) is 6.02. The molecule has 34 heavy (non-hydrogen) atoms. The Kier molecular flexibility index (Phi) is 7.55. The molecule has 0 aliphatic rings. The van der Waals surface area contributed by atoms with E-state index in [4.69, 9.17) is 0 Å². The summed E-state index contributed by atoms with van der Waals surface area (Å²) in [7, 11) is 1.43. The lowest BCUT2D eigenvalue weighted by Crippen LogP contribution is -2.39. The average molecular weight is 485 g/mol. The molecule has 2 aromatic heterocycles. The third kappa shape index (κ3) is 5.53. The fraction of sp³-hybridized carbons (Fsp3) is 0.391. The van der Waals surface area contributed by atoms with E-state index in [1.807, 2.05) is 13.8 Å². The Labute approximate surface area is 200 Å². The lowest BCUT2D eigenvalue weighted by Gasteiger charge is -2.17. The Balaban J connectivity index is 1.92. The molecule has 180 valence electrons. The van der Waals surface area contributed by atoms with Crippen LogP contribution in [0.5, 0.6) is 0 Å². The number of fused-ring (bicyclic) bond motifs is 1. The minimum atomic E-state index is -0.595. The maximum absolute atomic E-state index is 13.0. The van der Waals surface area contributed by atoms with Gasteiger partial charge in [0.2, 0.25) is 11.8 Å². The van der Waals surface area contributed by atoms with E-state index < -0.39 is 16.5 Å². The SMILES string of the molecule is CC(=O)Nc1ccc(NC(=O)C(C)Sc2nc(C)nc3c2c(=O)n(C)c(=O)n3CC(C)C)cc1. The largest absolute Gasteiger partial charge is 0.332 e. The van der Waals surface area contributed by atoms with Crippen molar-refractivity contribution in [2.45, 2.75) is 51.4 Å². The fourth-order valence-electron chi connectivity index (χ4n) is 3.36.